The second-order valence-electron chi connectivity index (χ2n) is 4.96. The summed E-state index contributed by atoms with van der Waals surface area (Å²) >= 11 is 6.62. The van der Waals surface area contributed by atoms with E-state index in [1.165, 1.54) is 11.3 Å². The van der Waals surface area contributed by atoms with E-state index in [-0.39, 0.29) is 5.91 Å². The maximum Gasteiger partial charge on any atom is 0.271 e. The van der Waals surface area contributed by atoms with Gasteiger partial charge in [-0.3, -0.25) is 4.79 Å². The summed E-state index contributed by atoms with van der Waals surface area (Å²) in [5.74, 6) is -0.193. The van der Waals surface area contributed by atoms with Gasteiger partial charge in [0.1, 0.15) is 5.69 Å². The third kappa shape index (κ3) is 3.10. The Labute approximate surface area is 122 Å². The average molecular weight is 298 g/mol. The smallest absolute Gasteiger partial charge is 0.271 e. The minimum absolute atomic E-state index is 0.193. The van der Waals surface area contributed by atoms with Crippen LogP contribution in [0.25, 0.3) is 0 Å². The van der Waals surface area contributed by atoms with Crippen LogP contribution in [0, 0.1) is 6.92 Å². The number of hydrogen-bond acceptors (Lipinski definition) is 5. The van der Waals surface area contributed by atoms with Gasteiger partial charge in [0.2, 0.25) is 0 Å². The molecule has 19 heavy (non-hydrogen) atoms. The third-order valence-corrected chi connectivity index (χ3v) is 4.68. The molecule has 0 atom stereocenters. The van der Waals surface area contributed by atoms with Gasteiger partial charge in [-0.2, -0.15) is 0 Å². The maximum absolute atomic E-state index is 12.2. The van der Waals surface area contributed by atoms with Gasteiger partial charge in [0.05, 0.1) is 15.5 Å². The van der Waals surface area contributed by atoms with Gasteiger partial charge in [0, 0.05) is 18.5 Å². The molecule has 3 N–H and O–H groups in total. The molecule has 2 heterocycles. The number of carbonyl (C=O) groups excluding carboxylic acids is 1. The maximum atomic E-state index is 12.2. The number of aryl methyl sites for hydroxylation is 1. The molecule has 0 radical (unpaired) electrons. The van der Waals surface area contributed by atoms with Crippen molar-refractivity contribution < 1.29 is 4.79 Å². The van der Waals surface area contributed by atoms with Crippen LogP contribution in [-0.2, 0) is 0 Å². The third-order valence-electron chi connectivity index (χ3n) is 3.52. The molecule has 1 aromatic heterocycles. The van der Waals surface area contributed by atoms with E-state index in [1.807, 2.05) is 6.92 Å². The summed E-state index contributed by atoms with van der Waals surface area (Å²) in [4.78, 5) is 19.0. The highest BCUT2D eigenvalue weighted by Crippen LogP contribution is 2.23. The van der Waals surface area contributed by atoms with Crippen molar-refractivity contribution in [3.63, 3.8) is 0 Å². The quantitative estimate of drug-likeness (QED) is 0.812. The molecule has 0 bridgehead atoms. The Morgan fingerprint density at radius 2 is 2.21 bits per heavy atom. The zero-order chi connectivity index (χ0) is 14.0. The Bertz CT molecular complexity index is 492. The van der Waals surface area contributed by atoms with Gasteiger partial charge >= 0.3 is 0 Å². The number of nitrogens with two attached hydrogens (primary N) is 1. The lowest BCUT2D eigenvalue weighted by molar-refractivity contribution is 0.0885. The van der Waals surface area contributed by atoms with Gasteiger partial charge in [0.25, 0.3) is 5.91 Å². The molecule has 1 aromatic rings. The first-order valence-electron chi connectivity index (χ1n) is 6.16. The highest BCUT2D eigenvalue weighted by atomic mass is 32.1. The van der Waals surface area contributed by atoms with Crippen LogP contribution in [0.15, 0.2) is 5.38 Å². The topological polar surface area (TPSA) is 71.2 Å². The standard InChI is InChI=1S/C12H18N4OS2/c1-8-14-9(7-19-8)10(17)15-12(11(13)18)3-5-16(2)6-4-12/h7H,3-6H2,1-2H3,(H2,13,18)(H,15,17). The molecule has 1 fully saturated rings. The molecular formula is C12H18N4OS2. The van der Waals surface area contributed by atoms with Crippen molar-refractivity contribution in [1.29, 1.82) is 0 Å². The Balaban J connectivity index is 2.13. The monoisotopic (exact) mass is 298 g/mol. The van der Waals surface area contributed by atoms with Crippen molar-refractivity contribution >= 4 is 34.5 Å². The molecule has 1 aliphatic heterocycles. The fourth-order valence-corrected chi connectivity index (χ4v) is 3.03. The van der Waals surface area contributed by atoms with Crippen LogP contribution in [0.5, 0.6) is 0 Å². The predicted octanol–water partition coefficient (Wildman–Crippen LogP) is 0.932. The zero-order valence-corrected chi connectivity index (χ0v) is 12.7. The summed E-state index contributed by atoms with van der Waals surface area (Å²) in [6.45, 7) is 3.61. The highest BCUT2D eigenvalue weighted by molar-refractivity contribution is 7.80. The van der Waals surface area contributed by atoms with Crippen molar-refractivity contribution in [2.45, 2.75) is 25.3 Å². The summed E-state index contributed by atoms with van der Waals surface area (Å²) < 4.78 is 0. The van der Waals surface area contributed by atoms with Crippen molar-refractivity contribution in [2.75, 3.05) is 20.1 Å². The molecule has 0 aromatic carbocycles. The first-order valence-corrected chi connectivity index (χ1v) is 7.45. The normalized spacial score (nSPS) is 19.1. The summed E-state index contributed by atoms with van der Waals surface area (Å²) in [5, 5.41) is 5.62. The van der Waals surface area contributed by atoms with Gasteiger partial charge in [-0.15, -0.1) is 11.3 Å². The first-order chi connectivity index (χ1) is 8.93. The lowest BCUT2D eigenvalue weighted by Gasteiger charge is -2.40. The molecule has 0 spiro atoms. The van der Waals surface area contributed by atoms with E-state index in [9.17, 15) is 4.79 Å². The Hall–Kier alpha value is -1.05. The number of piperidine rings is 1. The predicted molar refractivity (Wildman–Crippen MR) is 80.6 cm³/mol. The summed E-state index contributed by atoms with van der Waals surface area (Å²) in [6.07, 6.45) is 1.49. The van der Waals surface area contributed by atoms with E-state index in [0.29, 0.717) is 10.7 Å². The van der Waals surface area contributed by atoms with E-state index in [0.717, 1.165) is 30.9 Å². The molecule has 0 saturated carbocycles. The number of amides is 1. The minimum Gasteiger partial charge on any atom is -0.391 e. The number of rotatable bonds is 3. The minimum atomic E-state index is -0.573. The van der Waals surface area contributed by atoms with Crippen molar-refractivity contribution in [2.24, 2.45) is 5.73 Å². The Morgan fingerprint density at radius 1 is 1.58 bits per heavy atom. The molecule has 7 heteroatoms. The van der Waals surface area contributed by atoms with Gasteiger partial charge in [-0.25, -0.2) is 4.98 Å². The average Bonchev–Trinajstić information content (AvgIpc) is 2.79. The van der Waals surface area contributed by atoms with Crippen LogP contribution in [0.1, 0.15) is 28.3 Å². The molecule has 1 aliphatic rings. The van der Waals surface area contributed by atoms with Crippen LogP contribution >= 0.6 is 23.6 Å². The van der Waals surface area contributed by atoms with Crippen LogP contribution < -0.4 is 11.1 Å². The molecule has 2 rings (SSSR count). The number of nitrogens with one attached hydrogen (secondary N) is 1. The fourth-order valence-electron chi connectivity index (χ4n) is 2.18. The molecule has 104 valence electrons. The van der Waals surface area contributed by atoms with Gasteiger partial charge in [0.15, 0.2) is 0 Å². The highest BCUT2D eigenvalue weighted by Gasteiger charge is 2.38. The second kappa shape index (κ2) is 5.52. The summed E-state index contributed by atoms with van der Waals surface area (Å²) in [7, 11) is 2.05. The number of hydrogen-bond donors (Lipinski definition) is 2. The first kappa shape index (κ1) is 14.4. The van der Waals surface area contributed by atoms with Crippen LogP contribution in [0.3, 0.4) is 0 Å². The Kier molecular flexibility index (Phi) is 4.17. The molecule has 1 saturated heterocycles. The van der Waals surface area contributed by atoms with Crippen molar-refractivity contribution in [3.05, 3.63) is 16.1 Å². The van der Waals surface area contributed by atoms with Crippen molar-refractivity contribution in [3.8, 4) is 0 Å². The molecular weight excluding hydrogens is 280 g/mol. The molecule has 5 nitrogen and oxygen atoms in total. The van der Waals surface area contributed by atoms with E-state index < -0.39 is 5.54 Å². The molecule has 0 unspecified atom stereocenters. The lowest BCUT2D eigenvalue weighted by Crippen LogP contribution is -2.61. The number of likely N-dealkylation sites (tertiary alicyclic amines) is 1. The van der Waals surface area contributed by atoms with Gasteiger partial charge in [-0.05, 0) is 26.8 Å². The molecule has 1 amide bonds. The second-order valence-corrected chi connectivity index (χ2v) is 6.46. The van der Waals surface area contributed by atoms with Crippen LogP contribution in [0.2, 0.25) is 0 Å². The van der Waals surface area contributed by atoms with E-state index >= 15 is 0 Å². The number of nitrogens with zero attached hydrogens (tertiary/aromatic N) is 2. The Morgan fingerprint density at radius 3 is 2.68 bits per heavy atom. The SMILES string of the molecule is Cc1nc(C(=O)NC2(C(N)=S)CCN(C)CC2)cs1. The number of carbonyl (C=O) groups is 1. The van der Waals surface area contributed by atoms with Crippen LogP contribution in [0.4, 0.5) is 0 Å². The lowest BCUT2D eigenvalue weighted by atomic mass is 9.87. The van der Waals surface area contributed by atoms with E-state index in [2.05, 4.69) is 22.2 Å². The summed E-state index contributed by atoms with van der Waals surface area (Å²) in [6, 6.07) is 0. The van der Waals surface area contributed by atoms with Gasteiger partial charge in [-0.1, -0.05) is 12.2 Å². The van der Waals surface area contributed by atoms with Crippen LogP contribution in [-0.4, -0.2) is 46.5 Å². The molecule has 0 aliphatic carbocycles. The summed E-state index contributed by atoms with van der Waals surface area (Å²) in [5.41, 5.74) is 5.73. The van der Waals surface area contributed by atoms with Gasteiger partial charge < -0.3 is 16.0 Å². The van der Waals surface area contributed by atoms with E-state index in [4.69, 9.17) is 18.0 Å². The number of aromatic nitrogens is 1. The zero-order valence-electron chi connectivity index (χ0n) is 11.1. The largest absolute Gasteiger partial charge is 0.391 e. The number of thiocarbonyl (C=S) groups is 1. The fraction of sp³-hybridized carbons (Fsp3) is 0.583. The number of thiazole rings is 1. The van der Waals surface area contributed by atoms with E-state index in [1.54, 1.807) is 5.38 Å². The van der Waals surface area contributed by atoms with Crippen molar-refractivity contribution in [1.82, 2.24) is 15.2 Å².